The second-order valence-corrected chi connectivity index (χ2v) is 4.06. The number of nitrogens with two attached hydrogens (primary N) is 1. The van der Waals surface area contributed by atoms with Gasteiger partial charge in [-0.2, -0.15) is 4.68 Å². The van der Waals surface area contributed by atoms with Crippen LogP contribution in [0.15, 0.2) is 63.8 Å². The van der Waals surface area contributed by atoms with Gasteiger partial charge in [0, 0.05) is 5.69 Å². The fourth-order valence-electron chi connectivity index (χ4n) is 1.71. The monoisotopic (exact) mass is 269 g/mol. The van der Waals surface area contributed by atoms with Crippen LogP contribution in [0.3, 0.4) is 0 Å². The van der Waals surface area contributed by atoms with Gasteiger partial charge >= 0.3 is 11.8 Å². The van der Waals surface area contributed by atoms with Crippen LogP contribution < -0.4 is 16.2 Å². The average molecular weight is 269 g/mol. The molecule has 0 saturated heterocycles. The van der Waals surface area contributed by atoms with Gasteiger partial charge in [0.05, 0.1) is 5.69 Å². The molecule has 0 amide bonds. The van der Waals surface area contributed by atoms with Gasteiger partial charge in [0.2, 0.25) is 0 Å². The zero-order valence-electron chi connectivity index (χ0n) is 10.4. The van der Waals surface area contributed by atoms with E-state index >= 15 is 0 Å². The molecule has 0 saturated carbocycles. The zero-order valence-corrected chi connectivity index (χ0v) is 10.4. The smallest absolute Gasteiger partial charge is 0.410 e. The van der Waals surface area contributed by atoms with Gasteiger partial charge in [-0.3, -0.25) is 0 Å². The lowest BCUT2D eigenvalue weighted by atomic mass is 10.3. The molecule has 0 atom stereocenters. The summed E-state index contributed by atoms with van der Waals surface area (Å²) in [7, 11) is 0. The number of nitrogens with zero attached hydrogens (tertiary/aromatic N) is 2. The number of aromatic nitrogens is 2. The maximum absolute atomic E-state index is 11.8. The first-order chi connectivity index (χ1) is 9.72. The van der Waals surface area contributed by atoms with Crippen molar-refractivity contribution in [2.75, 3.05) is 5.73 Å². The highest BCUT2D eigenvalue weighted by molar-refractivity contribution is 5.46. The van der Waals surface area contributed by atoms with Gasteiger partial charge in [-0.1, -0.05) is 29.4 Å². The Labute approximate surface area is 114 Å². The molecule has 0 aliphatic rings. The lowest BCUT2D eigenvalue weighted by Gasteiger charge is -1.99. The van der Waals surface area contributed by atoms with Crippen LogP contribution in [0.4, 0.5) is 5.69 Å². The van der Waals surface area contributed by atoms with E-state index in [-0.39, 0.29) is 6.08 Å². The first-order valence-electron chi connectivity index (χ1n) is 5.91. The van der Waals surface area contributed by atoms with Gasteiger partial charge in [0.1, 0.15) is 5.75 Å². The van der Waals surface area contributed by atoms with E-state index in [1.807, 2.05) is 18.2 Å². The first kappa shape index (κ1) is 12.0. The molecular weight excluding hydrogens is 258 g/mol. The Morgan fingerprint density at radius 2 is 1.90 bits per heavy atom. The molecule has 0 aliphatic heterocycles. The van der Waals surface area contributed by atoms with Crippen molar-refractivity contribution in [2.24, 2.45) is 0 Å². The van der Waals surface area contributed by atoms with Crippen LogP contribution >= 0.6 is 0 Å². The van der Waals surface area contributed by atoms with E-state index in [0.29, 0.717) is 17.1 Å². The van der Waals surface area contributed by atoms with E-state index in [1.165, 1.54) is 0 Å². The molecule has 0 fully saturated rings. The van der Waals surface area contributed by atoms with E-state index in [1.54, 1.807) is 36.4 Å². The molecule has 6 nitrogen and oxygen atoms in total. The highest BCUT2D eigenvalue weighted by Crippen LogP contribution is 2.18. The summed E-state index contributed by atoms with van der Waals surface area (Å²) in [4.78, 5) is 11.8. The molecule has 2 N–H and O–H groups in total. The molecule has 3 rings (SSSR count). The second kappa shape index (κ2) is 4.93. The number of hydrogen-bond donors (Lipinski definition) is 1. The Bertz CT molecular complexity index is 778. The van der Waals surface area contributed by atoms with E-state index in [2.05, 4.69) is 5.10 Å². The second-order valence-electron chi connectivity index (χ2n) is 4.06. The Kier molecular flexibility index (Phi) is 2.96. The SMILES string of the molecule is Nc1cccc(-n2nc(Oc3ccccc3)oc2=O)c1. The number of hydrogen-bond acceptors (Lipinski definition) is 5. The van der Waals surface area contributed by atoms with Crippen molar-refractivity contribution < 1.29 is 9.15 Å². The van der Waals surface area contributed by atoms with Crippen molar-refractivity contribution in [3.05, 3.63) is 65.1 Å². The third-order valence-electron chi connectivity index (χ3n) is 2.59. The van der Waals surface area contributed by atoms with Crippen LogP contribution in [0.5, 0.6) is 11.8 Å². The molecule has 0 aliphatic carbocycles. The molecule has 100 valence electrons. The highest BCUT2D eigenvalue weighted by atomic mass is 16.6. The molecule has 1 heterocycles. The number of anilines is 1. The van der Waals surface area contributed by atoms with Gasteiger partial charge in [0.25, 0.3) is 0 Å². The molecule has 2 aromatic carbocycles. The number of nitrogen functional groups attached to an aromatic ring is 1. The van der Waals surface area contributed by atoms with Crippen molar-refractivity contribution in [3.8, 4) is 17.5 Å². The molecule has 0 bridgehead atoms. The highest BCUT2D eigenvalue weighted by Gasteiger charge is 2.11. The van der Waals surface area contributed by atoms with Crippen LogP contribution in [-0.4, -0.2) is 9.78 Å². The summed E-state index contributed by atoms with van der Waals surface area (Å²) in [5, 5.41) is 3.98. The minimum atomic E-state index is -0.637. The predicted octanol–water partition coefficient (Wildman–Crippen LogP) is 2.20. The molecule has 0 unspecified atom stereocenters. The predicted molar refractivity (Wildman–Crippen MR) is 73.0 cm³/mol. The fraction of sp³-hybridized carbons (Fsp3) is 0. The van der Waals surface area contributed by atoms with Gasteiger partial charge in [0.15, 0.2) is 0 Å². The third kappa shape index (κ3) is 2.39. The van der Waals surface area contributed by atoms with Crippen LogP contribution in [0.1, 0.15) is 0 Å². The summed E-state index contributed by atoms with van der Waals surface area (Å²) in [6.07, 6.45) is -0.122. The van der Waals surface area contributed by atoms with Crippen molar-refractivity contribution in [1.82, 2.24) is 9.78 Å². The maximum Gasteiger partial charge on any atom is 0.444 e. The van der Waals surface area contributed by atoms with Crippen molar-refractivity contribution in [2.45, 2.75) is 0 Å². The number of ether oxygens (including phenoxy) is 1. The van der Waals surface area contributed by atoms with Crippen LogP contribution in [0, 0.1) is 0 Å². The topological polar surface area (TPSA) is 83.3 Å². The lowest BCUT2D eigenvalue weighted by molar-refractivity contribution is 0.320. The first-order valence-corrected chi connectivity index (χ1v) is 5.91. The zero-order chi connectivity index (χ0) is 13.9. The van der Waals surface area contributed by atoms with E-state index in [4.69, 9.17) is 14.9 Å². The van der Waals surface area contributed by atoms with Crippen LogP contribution in [0.2, 0.25) is 0 Å². The van der Waals surface area contributed by atoms with Crippen molar-refractivity contribution in [3.63, 3.8) is 0 Å². The van der Waals surface area contributed by atoms with Gasteiger partial charge in [-0.15, -0.1) is 0 Å². The summed E-state index contributed by atoms with van der Waals surface area (Å²) >= 11 is 0. The Morgan fingerprint density at radius 1 is 1.10 bits per heavy atom. The van der Waals surface area contributed by atoms with E-state index in [9.17, 15) is 4.79 Å². The standard InChI is InChI=1S/C14H11N3O3/c15-10-5-4-6-11(9-10)17-14(18)20-13(16-17)19-12-7-2-1-3-8-12/h1-9H,15H2. The average Bonchev–Trinajstić information content (AvgIpc) is 2.81. The molecule has 0 spiro atoms. The van der Waals surface area contributed by atoms with Crippen LogP contribution in [0.25, 0.3) is 5.69 Å². The van der Waals surface area contributed by atoms with Crippen LogP contribution in [-0.2, 0) is 0 Å². The van der Waals surface area contributed by atoms with Gasteiger partial charge < -0.3 is 14.9 Å². The lowest BCUT2D eigenvalue weighted by Crippen LogP contribution is -2.13. The molecule has 3 aromatic rings. The normalized spacial score (nSPS) is 10.4. The fourth-order valence-corrected chi connectivity index (χ4v) is 1.71. The quantitative estimate of drug-likeness (QED) is 0.737. The number of benzene rings is 2. The van der Waals surface area contributed by atoms with E-state index < -0.39 is 5.76 Å². The molecule has 0 radical (unpaired) electrons. The molecule has 1 aromatic heterocycles. The minimum Gasteiger partial charge on any atom is -0.410 e. The summed E-state index contributed by atoms with van der Waals surface area (Å²) in [6.45, 7) is 0. The Balaban J connectivity index is 1.94. The van der Waals surface area contributed by atoms with Gasteiger partial charge in [-0.25, -0.2) is 4.79 Å². The largest absolute Gasteiger partial charge is 0.444 e. The number of para-hydroxylation sites is 1. The molecule has 6 heteroatoms. The van der Waals surface area contributed by atoms with Crippen molar-refractivity contribution in [1.29, 1.82) is 0 Å². The van der Waals surface area contributed by atoms with Crippen molar-refractivity contribution >= 4 is 5.69 Å². The number of rotatable bonds is 3. The minimum absolute atomic E-state index is 0.122. The summed E-state index contributed by atoms with van der Waals surface area (Å²) in [5.41, 5.74) is 6.72. The summed E-state index contributed by atoms with van der Waals surface area (Å²) in [5.74, 6) is -0.102. The van der Waals surface area contributed by atoms with E-state index in [0.717, 1.165) is 4.68 Å². The molecule has 20 heavy (non-hydrogen) atoms. The third-order valence-corrected chi connectivity index (χ3v) is 2.59. The molecular formula is C14H11N3O3. The summed E-state index contributed by atoms with van der Waals surface area (Å²) in [6, 6.07) is 15.7. The van der Waals surface area contributed by atoms with Gasteiger partial charge in [-0.05, 0) is 30.3 Å². The Morgan fingerprint density at radius 3 is 2.65 bits per heavy atom. The summed E-state index contributed by atoms with van der Waals surface area (Å²) < 4.78 is 11.4. The Hall–Kier alpha value is -3.02. The maximum atomic E-state index is 11.8.